The second kappa shape index (κ2) is 5.40. The van der Waals surface area contributed by atoms with Gasteiger partial charge in [0.1, 0.15) is 17.3 Å². The lowest BCUT2D eigenvalue weighted by Crippen LogP contribution is -1.93. The van der Waals surface area contributed by atoms with Crippen molar-refractivity contribution < 1.29 is 13.9 Å². The molecule has 1 N–H and O–H groups in total. The summed E-state index contributed by atoms with van der Waals surface area (Å²) < 4.78 is 23.1. The summed E-state index contributed by atoms with van der Waals surface area (Å²) in [6.45, 7) is 0. The van der Waals surface area contributed by atoms with Crippen LogP contribution < -0.4 is 14.8 Å². The van der Waals surface area contributed by atoms with Gasteiger partial charge in [-0.1, -0.05) is 0 Å². The van der Waals surface area contributed by atoms with Gasteiger partial charge in [-0.15, -0.1) is 0 Å². The van der Waals surface area contributed by atoms with E-state index >= 15 is 0 Å². The van der Waals surface area contributed by atoms with E-state index in [1.807, 2.05) is 12.1 Å². The van der Waals surface area contributed by atoms with Crippen LogP contribution in [0.25, 0.3) is 0 Å². The minimum absolute atomic E-state index is 0.260. The molecule has 0 fully saturated rings. The summed E-state index contributed by atoms with van der Waals surface area (Å²) in [6, 6.07) is 11.6. The first-order chi connectivity index (χ1) is 8.71. The standard InChI is InChI=1S/C14H14FNO2/c1-17-13-7-12(8-14(9-13)18-2)16-11-5-3-10(15)4-6-11/h3-9,16H,1-2H3. The Balaban J connectivity index is 2.25. The quantitative estimate of drug-likeness (QED) is 0.895. The van der Waals surface area contributed by atoms with Crippen molar-refractivity contribution in [3.63, 3.8) is 0 Å². The molecule has 0 heterocycles. The van der Waals surface area contributed by atoms with E-state index in [-0.39, 0.29) is 5.82 Å². The molecule has 0 spiro atoms. The molecule has 3 nitrogen and oxygen atoms in total. The van der Waals surface area contributed by atoms with Crippen LogP contribution in [-0.4, -0.2) is 14.2 Å². The number of ether oxygens (including phenoxy) is 2. The monoisotopic (exact) mass is 247 g/mol. The van der Waals surface area contributed by atoms with Crippen molar-refractivity contribution in [1.82, 2.24) is 0 Å². The highest BCUT2D eigenvalue weighted by Gasteiger charge is 2.02. The molecule has 4 heteroatoms. The number of nitrogens with one attached hydrogen (secondary N) is 1. The average molecular weight is 247 g/mol. The largest absolute Gasteiger partial charge is 0.497 e. The number of methoxy groups -OCH3 is 2. The lowest BCUT2D eigenvalue weighted by atomic mass is 10.2. The van der Waals surface area contributed by atoms with E-state index in [0.29, 0.717) is 11.5 Å². The van der Waals surface area contributed by atoms with Gasteiger partial charge in [-0.3, -0.25) is 0 Å². The van der Waals surface area contributed by atoms with Crippen LogP contribution in [0.5, 0.6) is 11.5 Å². The molecule has 0 bridgehead atoms. The normalized spacial score (nSPS) is 9.94. The zero-order chi connectivity index (χ0) is 13.0. The molecular formula is C14H14FNO2. The summed E-state index contributed by atoms with van der Waals surface area (Å²) in [5, 5.41) is 3.15. The van der Waals surface area contributed by atoms with Gasteiger partial charge < -0.3 is 14.8 Å². The Kier molecular flexibility index (Phi) is 3.67. The van der Waals surface area contributed by atoms with Crippen molar-refractivity contribution >= 4 is 11.4 Å². The van der Waals surface area contributed by atoms with Gasteiger partial charge in [0.05, 0.1) is 14.2 Å². The minimum atomic E-state index is -0.260. The fourth-order valence-corrected chi connectivity index (χ4v) is 1.58. The zero-order valence-corrected chi connectivity index (χ0v) is 10.2. The summed E-state index contributed by atoms with van der Waals surface area (Å²) >= 11 is 0. The van der Waals surface area contributed by atoms with Crippen molar-refractivity contribution in [3.8, 4) is 11.5 Å². The summed E-state index contributed by atoms with van der Waals surface area (Å²) in [6.07, 6.45) is 0. The Morgan fingerprint density at radius 3 is 1.89 bits per heavy atom. The Morgan fingerprint density at radius 2 is 1.39 bits per heavy atom. The maximum absolute atomic E-state index is 12.8. The average Bonchev–Trinajstić information content (AvgIpc) is 2.41. The lowest BCUT2D eigenvalue weighted by Gasteiger charge is -2.10. The van der Waals surface area contributed by atoms with Crippen LogP contribution in [0.15, 0.2) is 42.5 Å². The van der Waals surface area contributed by atoms with Crippen molar-refractivity contribution in [2.24, 2.45) is 0 Å². The maximum atomic E-state index is 12.8. The number of benzene rings is 2. The van der Waals surface area contributed by atoms with Gasteiger partial charge in [-0.25, -0.2) is 4.39 Å². The van der Waals surface area contributed by atoms with Crippen molar-refractivity contribution in [1.29, 1.82) is 0 Å². The predicted molar refractivity (Wildman–Crippen MR) is 69.2 cm³/mol. The van der Waals surface area contributed by atoms with Gasteiger partial charge >= 0.3 is 0 Å². The Labute approximate surface area is 105 Å². The molecule has 0 amide bonds. The number of halogens is 1. The van der Waals surface area contributed by atoms with E-state index in [0.717, 1.165) is 11.4 Å². The van der Waals surface area contributed by atoms with Crippen molar-refractivity contribution in [3.05, 3.63) is 48.3 Å². The molecule has 18 heavy (non-hydrogen) atoms. The molecule has 94 valence electrons. The van der Waals surface area contributed by atoms with E-state index in [1.54, 1.807) is 32.4 Å². The van der Waals surface area contributed by atoms with Crippen LogP contribution in [-0.2, 0) is 0 Å². The van der Waals surface area contributed by atoms with Crippen LogP contribution >= 0.6 is 0 Å². The molecule has 0 aliphatic rings. The molecule has 0 atom stereocenters. The van der Waals surface area contributed by atoms with Gasteiger partial charge in [-0.05, 0) is 24.3 Å². The molecule has 2 rings (SSSR count). The molecule has 2 aromatic rings. The van der Waals surface area contributed by atoms with Crippen LogP contribution in [0.4, 0.5) is 15.8 Å². The van der Waals surface area contributed by atoms with Gasteiger partial charge in [0.15, 0.2) is 0 Å². The number of hydrogen-bond donors (Lipinski definition) is 1. The lowest BCUT2D eigenvalue weighted by molar-refractivity contribution is 0.395. The van der Waals surface area contributed by atoms with Crippen molar-refractivity contribution in [2.75, 3.05) is 19.5 Å². The smallest absolute Gasteiger partial charge is 0.124 e. The van der Waals surface area contributed by atoms with Gasteiger partial charge in [0.25, 0.3) is 0 Å². The van der Waals surface area contributed by atoms with Crippen LogP contribution in [0.2, 0.25) is 0 Å². The van der Waals surface area contributed by atoms with Crippen LogP contribution in [0.1, 0.15) is 0 Å². The molecule has 0 aliphatic carbocycles. The molecule has 2 aromatic carbocycles. The first-order valence-electron chi connectivity index (χ1n) is 5.47. The number of anilines is 2. The second-order valence-electron chi connectivity index (χ2n) is 3.73. The maximum Gasteiger partial charge on any atom is 0.124 e. The van der Waals surface area contributed by atoms with Gasteiger partial charge in [0, 0.05) is 29.6 Å². The molecule has 0 radical (unpaired) electrons. The predicted octanol–water partition coefficient (Wildman–Crippen LogP) is 3.59. The minimum Gasteiger partial charge on any atom is -0.497 e. The SMILES string of the molecule is COc1cc(Nc2ccc(F)cc2)cc(OC)c1. The molecule has 0 unspecified atom stereocenters. The fraction of sp³-hybridized carbons (Fsp3) is 0.143. The van der Waals surface area contributed by atoms with Crippen LogP contribution in [0, 0.1) is 5.82 Å². The van der Waals surface area contributed by atoms with Crippen LogP contribution in [0.3, 0.4) is 0 Å². The first kappa shape index (κ1) is 12.2. The summed E-state index contributed by atoms with van der Waals surface area (Å²) in [4.78, 5) is 0. The zero-order valence-electron chi connectivity index (χ0n) is 10.2. The summed E-state index contributed by atoms with van der Waals surface area (Å²) in [7, 11) is 3.19. The summed E-state index contributed by atoms with van der Waals surface area (Å²) in [5.74, 6) is 1.13. The Morgan fingerprint density at radius 1 is 0.833 bits per heavy atom. The first-order valence-corrected chi connectivity index (χ1v) is 5.47. The molecule has 0 aliphatic heterocycles. The fourth-order valence-electron chi connectivity index (χ4n) is 1.58. The molecule has 0 aromatic heterocycles. The topological polar surface area (TPSA) is 30.5 Å². The number of rotatable bonds is 4. The van der Waals surface area contributed by atoms with E-state index in [2.05, 4.69) is 5.32 Å². The Hall–Kier alpha value is -2.23. The van der Waals surface area contributed by atoms with Gasteiger partial charge in [0.2, 0.25) is 0 Å². The molecule has 0 saturated heterocycles. The third kappa shape index (κ3) is 2.91. The third-order valence-electron chi connectivity index (χ3n) is 2.48. The van der Waals surface area contributed by atoms with Gasteiger partial charge in [-0.2, -0.15) is 0 Å². The van der Waals surface area contributed by atoms with E-state index in [4.69, 9.17) is 9.47 Å². The van der Waals surface area contributed by atoms with E-state index in [9.17, 15) is 4.39 Å². The van der Waals surface area contributed by atoms with E-state index in [1.165, 1.54) is 12.1 Å². The number of hydrogen-bond acceptors (Lipinski definition) is 3. The Bertz CT molecular complexity index is 504. The highest BCUT2D eigenvalue weighted by molar-refractivity contribution is 5.63. The van der Waals surface area contributed by atoms with E-state index < -0.39 is 0 Å². The third-order valence-corrected chi connectivity index (χ3v) is 2.48. The highest BCUT2D eigenvalue weighted by atomic mass is 19.1. The second-order valence-corrected chi connectivity index (χ2v) is 3.73. The van der Waals surface area contributed by atoms with Crippen molar-refractivity contribution in [2.45, 2.75) is 0 Å². The molecule has 0 saturated carbocycles. The highest BCUT2D eigenvalue weighted by Crippen LogP contribution is 2.27. The summed E-state index contributed by atoms with van der Waals surface area (Å²) in [5.41, 5.74) is 1.62. The molecular weight excluding hydrogens is 233 g/mol.